The summed E-state index contributed by atoms with van der Waals surface area (Å²) in [5, 5.41) is 21.0. The van der Waals surface area contributed by atoms with Gasteiger partial charge >= 0.3 is 12.1 Å². The van der Waals surface area contributed by atoms with Crippen LogP contribution in [0.15, 0.2) is 54.3 Å². The fourth-order valence-electron chi connectivity index (χ4n) is 3.91. The Morgan fingerprint density at radius 1 is 1.13 bits per heavy atom. The van der Waals surface area contributed by atoms with Crippen molar-refractivity contribution in [2.45, 2.75) is 18.6 Å². The number of carboxylic acid groups (broad SMARTS) is 1. The molecule has 4 aromatic heterocycles. The standard InChI is InChI=1S/C22H24N8OS.C2HF3O2/c1-28-11-12-29(22-24-8-3-9-25-22)15-18(28)20-27-26-19-6-5-16(14-30(19)20)21(31)23-10-7-17-4-2-13-32-17;3-2(4,5)1(6)7/h2-6,8-9,13-14,18H,7,10-12,15H2,1H3,(H,23,31);(H,6,7). The molecule has 0 saturated carbocycles. The molecule has 5 rings (SSSR count). The summed E-state index contributed by atoms with van der Waals surface area (Å²) in [5.41, 5.74) is 1.31. The Balaban J connectivity index is 0.000000448. The molecule has 1 saturated heterocycles. The van der Waals surface area contributed by atoms with Crippen LogP contribution in [-0.4, -0.2) is 85.9 Å². The minimum absolute atomic E-state index is 0.000282. The average molecular weight is 563 g/mol. The molecule has 15 heteroatoms. The van der Waals surface area contributed by atoms with Crippen LogP contribution >= 0.6 is 11.3 Å². The maximum atomic E-state index is 12.7. The molecule has 0 aliphatic carbocycles. The number of fused-ring (bicyclic) bond motifs is 1. The molecular weight excluding hydrogens is 537 g/mol. The van der Waals surface area contributed by atoms with Crippen molar-refractivity contribution in [1.29, 1.82) is 0 Å². The van der Waals surface area contributed by atoms with Crippen molar-refractivity contribution < 1.29 is 27.9 Å². The van der Waals surface area contributed by atoms with Crippen LogP contribution in [0.3, 0.4) is 0 Å². The van der Waals surface area contributed by atoms with Gasteiger partial charge in [-0.3, -0.25) is 14.1 Å². The number of likely N-dealkylation sites (N-methyl/N-ethyl adjacent to an activating group) is 1. The highest BCUT2D eigenvalue weighted by Gasteiger charge is 2.38. The van der Waals surface area contributed by atoms with Gasteiger partial charge in [-0.05, 0) is 43.1 Å². The zero-order valence-corrected chi connectivity index (χ0v) is 21.6. The molecule has 206 valence electrons. The SMILES string of the molecule is CN1CCN(c2ncccn2)CC1c1nnc2ccc(C(=O)NCCc3cccs3)cn12.O=C(O)C(F)(F)F. The number of nitrogens with zero attached hydrogens (tertiary/aromatic N) is 7. The molecule has 1 amide bonds. The van der Waals surface area contributed by atoms with Gasteiger partial charge in [0.1, 0.15) is 0 Å². The number of nitrogens with one attached hydrogen (secondary N) is 1. The van der Waals surface area contributed by atoms with Crippen LogP contribution in [0.25, 0.3) is 5.65 Å². The van der Waals surface area contributed by atoms with Crippen molar-refractivity contribution in [3.63, 3.8) is 0 Å². The molecule has 2 N–H and O–H groups in total. The number of pyridine rings is 1. The van der Waals surface area contributed by atoms with Crippen LogP contribution in [0.1, 0.15) is 27.1 Å². The third-order valence-corrected chi connectivity index (χ3v) is 6.89. The summed E-state index contributed by atoms with van der Waals surface area (Å²) < 4.78 is 33.7. The van der Waals surface area contributed by atoms with Crippen LogP contribution in [-0.2, 0) is 11.2 Å². The molecule has 1 aliphatic heterocycles. The minimum Gasteiger partial charge on any atom is -0.475 e. The smallest absolute Gasteiger partial charge is 0.475 e. The number of alkyl halides is 3. The van der Waals surface area contributed by atoms with E-state index in [1.54, 1.807) is 29.8 Å². The highest BCUT2D eigenvalue weighted by atomic mass is 32.1. The second-order valence-electron chi connectivity index (χ2n) is 8.58. The zero-order chi connectivity index (χ0) is 28.0. The summed E-state index contributed by atoms with van der Waals surface area (Å²) in [7, 11) is 2.08. The predicted molar refractivity (Wildman–Crippen MR) is 137 cm³/mol. The van der Waals surface area contributed by atoms with E-state index in [0.29, 0.717) is 24.6 Å². The Morgan fingerprint density at radius 3 is 2.54 bits per heavy atom. The lowest BCUT2D eigenvalue weighted by molar-refractivity contribution is -0.192. The molecule has 1 atom stereocenters. The summed E-state index contributed by atoms with van der Waals surface area (Å²) in [6.07, 6.45) is 1.08. The lowest BCUT2D eigenvalue weighted by Gasteiger charge is -2.38. The first-order valence-electron chi connectivity index (χ1n) is 11.8. The van der Waals surface area contributed by atoms with Crippen molar-refractivity contribution in [1.82, 2.24) is 34.8 Å². The van der Waals surface area contributed by atoms with E-state index in [-0.39, 0.29) is 11.9 Å². The molecule has 1 fully saturated rings. The minimum atomic E-state index is -5.08. The Bertz CT molecular complexity index is 1400. The number of piperazine rings is 1. The predicted octanol–water partition coefficient (Wildman–Crippen LogP) is 2.68. The molecule has 4 aromatic rings. The van der Waals surface area contributed by atoms with Gasteiger partial charge < -0.3 is 15.3 Å². The number of anilines is 1. The first-order valence-corrected chi connectivity index (χ1v) is 12.7. The summed E-state index contributed by atoms with van der Waals surface area (Å²) in [6, 6.07) is 9.55. The lowest BCUT2D eigenvalue weighted by Crippen LogP contribution is -2.47. The lowest BCUT2D eigenvalue weighted by atomic mass is 10.1. The Labute approximate surface area is 224 Å². The number of hydrogen-bond donors (Lipinski definition) is 2. The molecular formula is C24H25F3N8O3S. The largest absolute Gasteiger partial charge is 0.490 e. The highest BCUT2D eigenvalue weighted by molar-refractivity contribution is 7.09. The topological polar surface area (TPSA) is 129 Å². The Kier molecular flexibility index (Phi) is 8.71. The van der Waals surface area contributed by atoms with Crippen LogP contribution in [0.5, 0.6) is 0 Å². The molecule has 1 unspecified atom stereocenters. The van der Waals surface area contributed by atoms with Crippen molar-refractivity contribution in [2.24, 2.45) is 0 Å². The molecule has 5 heterocycles. The Morgan fingerprint density at radius 2 is 1.87 bits per heavy atom. The van der Waals surface area contributed by atoms with Crippen molar-refractivity contribution in [3.8, 4) is 0 Å². The summed E-state index contributed by atoms with van der Waals surface area (Å²) >= 11 is 1.70. The normalized spacial score (nSPS) is 16.0. The van der Waals surface area contributed by atoms with E-state index in [0.717, 1.165) is 31.0 Å². The third kappa shape index (κ3) is 7.06. The average Bonchev–Trinajstić information content (AvgIpc) is 3.59. The number of rotatable bonds is 6. The van der Waals surface area contributed by atoms with E-state index < -0.39 is 12.1 Å². The fraction of sp³-hybridized carbons (Fsp3) is 0.333. The first kappa shape index (κ1) is 27.9. The van der Waals surface area contributed by atoms with Crippen molar-refractivity contribution in [3.05, 3.63) is 70.6 Å². The second-order valence-corrected chi connectivity index (χ2v) is 9.62. The second kappa shape index (κ2) is 12.2. The van der Waals surface area contributed by atoms with Crippen LogP contribution in [0.2, 0.25) is 0 Å². The number of thiophene rings is 1. The quantitative estimate of drug-likeness (QED) is 0.364. The van der Waals surface area contributed by atoms with Crippen LogP contribution < -0.4 is 10.2 Å². The van der Waals surface area contributed by atoms with Gasteiger partial charge in [0.2, 0.25) is 5.95 Å². The maximum absolute atomic E-state index is 12.7. The van der Waals surface area contributed by atoms with Gasteiger partial charge in [0.15, 0.2) is 11.5 Å². The van der Waals surface area contributed by atoms with Gasteiger partial charge in [0.25, 0.3) is 5.91 Å². The Hall–Kier alpha value is -4.11. The number of carboxylic acids is 1. The fourth-order valence-corrected chi connectivity index (χ4v) is 4.62. The molecule has 0 aromatic carbocycles. The van der Waals surface area contributed by atoms with Crippen molar-refractivity contribution in [2.75, 3.05) is 38.1 Å². The first-order chi connectivity index (χ1) is 18.6. The number of aromatic nitrogens is 5. The van der Waals surface area contributed by atoms with E-state index in [2.05, 4.69) is 48.4 Å². The van der Waals surface area contributed by atoms with Crippen LogP contribution in [0.4, 0.5) is 19.1 Å². The van der Waals surface area contributed by atoms with Gasteiger partial charge in [0.05, 0.1) is 11.6 Å². The molecule has 0 radical (unpaired) electrons. The highest BCUT2D eigenvalue weighted by Crippen LogP contribution is 2.25. The number of carbonyl (C=O) groups excluding carboxylic acids is 1. The van der Waals surface area contributed by atoms with Gasteiger partial charge in [-0.15, -0.1) is 21.5 Å². The third-order valence-electron chi connectivity index (χ3n) is 5.95. The van der Waals surface area contributed by atoms with Crippen LogP contribution in [0, 0.1) is 0 Å². The number of carbonyl (C=O) groups is 2. The number of hydrogen-bond acceptors (Lipinski definition) is 9. The molecule has 0 bridgehead atoms. The van der Waals surface area contributed by atoms with Gasteiger partial charge in [-0.1, -0.05) is 6.07 Å². The molecule has 39 heavy (non-hydrogen) atoms. The van der Waals surface area contributed by atoms with E-state index >= 15 is 0 Å². The van der Waals surface area contributed by atoms with Crippen molar-refractivity contribution >= 4 is 34.8 Å². The molecule has 1 aliphatic rings. The summed E-state index contributed by atoms with van der Waals surface area (Å²) in [5.74, 6) is -1.34. The monoisotopic (exact) mass is 562 g/mol. The van der Waals surface area contributed by atoms with E-state index in [9.17, 15) is 18.0 Å². The number of halogens is 3. The van der Waals surface area contributed by atoms with E-state index in [4.69, 9.17) is 9.90 Å². The maximum Gasteiger partial charge on any atom is 0.490 e. The van der Waals surface area contributed by atoms with Gasteiger partial charge in [0, 0.05) is 49.6 Å². The van der Waals surface area contributed by atoms with Gasteiger partial charge in [-0.25, -0.2) is 14.8 Å². The molecule has 11 nitrogen and oxygen atoms in total. The summed E-state index contributed by atoms with van der Waals surface area (Å²) in [4.78, 5) is 36.1. The number of aliphatic carboxylic acids is 1. The molecule has 0 spiro atoms. The van der Waals surface area contributed by atoms with E-state index in [1.165, 1.54) is 4.88 Å². The summed E-state index contributed by atoms with van der Waals surface area (Å²) in [6.45, 7) is 2.98. The van der Waals surface area contributed by atoms with Gasteiger partial charge in [-0.2, -0.15) is 13.2 Å². The zero-order valence-electron chi connectivity index (χ0n) is 20.7. The van der Waals surface area contributed by atoms with E-state index in [1.807, 2.05) is 34.2 Å². The number of amides is 1.